The SMILES string of the molecule is O=C(c1ccccc1)N(CCc1cccc2c1C=CC2)CCC(c1ccccc1)c1ccccc1. The summed E-state index contributed by atoms with van der Waals surface area (Å²) in [7, 11) is 0. The number of amides is 1. The molecule has 0 heterocycles. The maximum atomic E-state index is 13.6. The number of hydrogen-bond acceptors (Lipinski definition) is 1. The van der Waals surface area contributed by atoms with Gasteiger partial charge in [0, 0.05) is 24.6 Å². The quantitative estimate of drug-likeness (QED) is 0.261. The van der Waals surface area contributed by atoms with E-state index in [1.165, 1.54) is 27.8 Å². The fourth-order valence-corrected chi connectivity index (χ4v) is 5.10. The van der Waals surface area contributed by atoms with Gasteiger partial charge in [-0.3, -0.25) is 4.79 Å². The zero-order valence-corrected chi connectivity index (χ0v) is 20.0. The van der Waals surface area contributed by atoms with Gasteiger partial charge in [-0.25, -0.2) is 0 Å². The number of hydrogen-bond donors (Lipinski definition) is 0. The molecule has 174 valence electrons. The number of fused-ring (bicyclic) bond motifs is 1. The van der Waals surface area contributed by atoms with Gasteiger partial charge in [-0.05, 0) is 59.2 Å². The molecule has 0 radical (unpaired) electrons. The Kier molecular flexibility index (Phi) is 7.19. The maximum absolute atomic E-state index is 13.6. The Bertz CT molecular complexity index is 1240. The van der Waals surface area contributed by atoms with E-state index in [0.29, 0.717) is 13.1 Å². The van der Waals surface area contributed by atoms with Crippen LogP contribution in [-0.2, 0) is 12.8 Å². The lowest BCUT2D eigenvalue weighted by Gasteiger charge is -2.27. The fourth-order valence-electron chi connectivity index (χ4n) is 5.10. The van der Waals surface area contributed by atoms with Gasteiger partial charge < -0.3 is 4.90 Å². The summed E-state index contributed by atoms with van der Waals surface area (Å²) < 4.78 is 0. The zero-order valence-electron chi connectivity index (χ0n) is 20.0. The highest BCUT2D eigenvalue weighted by Gasteiger charge is 2.21. The third-order valence-corrected chi connectivity index (χ3v) is 6.96. The highest BCUT2D eigenvalue weighted by Crippen LogP contribution is 2.29. The molecule has 1 amide bonds. The summed E-state index contributed by atoms with van der Waals surface area (Å²) in [5.74, 6) is 0.348. The van der Waals surface area contributed by atoms with E-state index >= 15 is 0 Å². The van der Waals surface area contributed by atoms with E-state index in [9.17, 15) is 4.79 Å². The molecule has 1 aliphatic carbocycles. The maximum Gasteiger partial charge on any atom is 0.253 e. The summed E-state index contributed by atoms with van der Waals surface area (Å²) in [6, 6.07) is 37.5. The number of nitrogens with zero attached hydrogens (tertiary/aromatic N) is 1. The summed E-state index contributed by atoms with van der Waals surface area (Å²) >= 11 is 0. The number of carbonyl (C=O) groups is 1. The summed E-state index contributed by atoms with van der Waals surface area (Å²) in [6.45, 7) is 1.40. The number of rotatable bonds is 9. The Hall–Kier alpha value is -3.91. The second-order valence-corrected chi connectivity index (χ2v) is 9.17. The average molecular weight is 458 g/mol. The molecular formula is C33H31NO. The van der Waals surface area contributed by atoms with Gasteiger partial charge in [-0.15, -0.1) is 0 Å². The molecule has 0 N–H and O–H groups in total. The summed E-state index contributed by atoms with van der Waals surface area (Å²) in [5, 5.41) is 0. The van der Waals surface area contributed by atoms with Gasteiger partial charge in [-0.1, -0.05) is 109 Å². The first-order chi connectivity index (χ1) is 17.3. The van der Waals surface area contributed by atoms with E-state index in [0.717, 1.165) is 24.8 Å². The molecule has 4 aromatic rings. The van der Waals surface area contributed by atoms with Crippen LogP contribution in [0.1, 0.15) is 50.5 Å². The first kappa shape index (κ1) is 22.9. The van der Waals surface area contributed by atoms with Crippen molar-refractivity contribution >= 4 is 12.0 Å². The van der Waals surface area contributed by atoms with Gasteiger partial charge in [0.2, 0.25) is 0 Å². The van der Waals surface area contributed by atoms with Gasteiger partial charge in [0.25, 0.3) is 5.91 Å². The van der Waals surface area contributed by atoms with Crippen LogP contribution in [0.4, 0.5) is 0 Å². The molecule has 0 aliphatic heterocycles. The molecule has 0 spiro atoms. The molecule has 4 aromatic carbocycles. The van der Waals surface area contributed by atoms with Crippen LogP contribution >= 0.6 is 0 Å². The van der Waals surface area contributed by atoms with Crippen LogP contribution in [0.15, 0.2) is 115 Å². The van der Waals surface area contributed by atoms with Gasteiger partial charge in [0.1, 0.15) is 0 Å². The Morgan fingerprint density at radius 3 is 2.00 bits per heavy atom. The largest absolute Gasteiger partial charge is 0.338 e. The van der Waals surface area contributed by atoms with Crippen molar-refractivity contribution in [3.63, 3.8) is 0 Å². The van der Waals surface area contributed by atoms with Crippen molar-refractivity contribution in [2.24, 2.45) is 0 Å². The number of carbonyl (C=O) groups excluding carboxylic acids is 1. The summed E-state index contributed by atoms with van der Waals surface area (Å²) in [5.41, 5.74) is 7.38. The Morgan fingerprint density at radius 2 is 1.34 bits per heavy atom. The predicted octanol–water partition coefficient (Wildman–Crippen LogP) is 7.16. The second kappa shape index (κ2) is 11.0. The number of allylic oxidation sites excluding steroid dienone is 1. The van der Waals surface area contributed by atoms with E-state index in [-0.39, 0.29) is 11.8 Å². The van der Waals surface area contributed by atoms with Crippen molar-refractivity contribution in [2.45, 2.75) is 25.2 Å². The Morgan fingerprint density at radius 1 is 0.714 bits per heavy atom. The van der Waals surface area contributed by atoms with Crippen molar-refractivity contribution in [1.29, 1.82) is 0 Å². The van der Waals surface area contributed by atoms with Gasteiger partial charge >= 0.3 is 0 Å². The molecule has 2 heteroatoms. The molecule has 0 saturated heterocycles. The molecule has 35 heavy (non-hydrogen) atoms. The molecule has 0 bridgehead atoms. The van der Waals surface area contributed by atoms with E-state index in [1.54, 1.807) is 0 Å². The first-order valence-electron chi connectivity index (χ1n) is 12.5. The topological polar surface area (TPSA) is 20.3 Å². The molecular weight excluding hydrogens is 426 g/mol. The van der Waals surface area contributed by atoms with E-state index in [4.69, 9.17) is 0 Å². The summed E-state index contributed by atoms with van der Waals surface area (Å²) in [4.78, 5) is 15.6. The van der Waals surface area contributed by atoms with Crippen LogP contribution in [0.25, 0.3) is 6.08 Å². The lowest BCUT2D eigenvalue weighted by Crippen LogP contribution is -2.34. The normalized spacial score (nSPS) is 12.0. The smallest absolute Gasteiger partial charge is 0.253 e. The minimum absolute atomic E-state index is 0.105. The highest BCUT2D eigenvalue weighted by molar-refractivity contribution is 5.94. The Labute approximate surface area is 208 Å². The average Bonchev–Trinajstić information content (AvgIpc) is 3.42. The first-order valence-corrected chi connectivity index (χ1v) is 12.5. The third kappa shape index (κ3) is 5.44. The minimum atomic E-state index is 0.105. The van der Waals surface area contributed by atoms with Crippen molar-refractivity contribution < 1.29 is 4.79 Å². The Balaban J connectivity index is 1.38. The fraction of sp³-hybridized carbons (Fsp3) is 0.182. The van der Waals surface area contributed by atoms with Crippen LogP contribution in [0, 0.1) is 0 Å². The standard InChI is InChI=1S/C33H31NO/c35-33(30-16-8-3-9-17-30)34(24-22-29-19-10-18-28-20-11-21-31(28)29)25-23-32(26-12-4-1-5-13-26)27-14-6-2-7-15-27/h1-19,21,32H,20,22-25H2. The van der Waals surface area contributed by atoms with Crippen molar-refractivity contribution in [2.75, 3.05) is 13.1 Å². The lowest BCUT2D eigenvalue weighted by molar-refractivity contribution is 0.0753. The van der Waals surface area contributed by atoms with Crippen molar-refractivity contribution in [3.05, 3.63) is 149 Å². The molecule has 1 aliphatic rings. The monoisotopic (exact) mass is 457 g/mol. The minimum Gasteiger partial charge on any atom is -0.338 e. The van der Waals surface area contributed by atoms with Crippen molar-refractivity contribution in [1.82, 2.24) is 4.90 Å². The van der Waals surface area contributed by atoms with Crippen molar-refractivity contribution in [3.8, 4) is 0 Å². The van der Waals surface area contributed by atoms with Crippen LogP contribution < -0.4 is 0 Å². The van der Waals surface area contributed by atoms with Gasteiger partial charge in [0.05, 0.1) is 0 Å². The van der Waals surface area contributed by atoms with Crippen LogP contribution in [0.5, 0.6) is 0 Å². The number of benzene rings is 4. The van der Waals surface area contributed by atoms with Crippen LogP contribution in [-0.4, -0.2) is 23.9 Å². The van der Waals surface area contributed by atoms with Gasteiger partial charge in [0.15, 0.2) is 0 Å². The van der Waals surface area contributed by atoms with Crippen LogP contribution in [0.2, 0.25) is 0 Å². The second-order valence-electron chi connectivity index (χ2n) is 9.17. The molecule has 0 aromatic heterocycles. The van der Waals surface area contributed by atoms with E-state index < -0.39 is 0 Å². The zero-order chi connectivity index (χ0) is 23.9. The predicted molar refractivity (Wildman–Crippen MR) is 145 cm³/mol. The van der Waals surface area contributed by atoms with Gasteiger partial charge in [-0.2, -0.15) is 0 Å². The molecule has 0 unspecified atom stereocenters. The highest BCUT2D eigenvalue weighted by atomic mass is 16.2. The molecule has 0 fully saturated rings. The molecule has 0 atom stereocenters. The summed E-state index contributed by atoms with van der Waals surface area (Å²) in [6.07, 6.45) is 7.19. The van der Waals surface area contributed by atoms with Crippen LogP contribution in [0.3, 0.4) is 0 Å². The van der Waals surface area contributed by atoms with E-state index in [2.05, 4.69) is 91.0 Å². The third-order valence-electron chi connectivity index (χ3n) is 6.96. The van der Waals surface area contributed by atoms with E-state index in [1.807, 2.05) is 35.2 Å². The molecule has 5 rings (SSSR count). The lowest BCUT2D eigenvalue weighted by atomic mass is 9.88. The molecule has 0 saturated carbocycles. The molecule has 2 nitrogen and oxygen atoms in total.